The van der Waals surface area contributed by atoms with Crippen LogP contribution in [-0.2, 0) is 6.54 Å². The van der Waals surface area contributed by atoms with Crippen molar-refractivity contribution in [3.8, 4) is 5.69 Å². The Morgan fingerprint density at radius 1 is 1.33 bits per heavy atom. The predicted octanol–water partition coefficient (Wildman–Crippen LogP) is 2.22. The van der Waals surface area contributed by atoms with Crippen molar-refractivity contribution in [2.45, 2.75) is 39.2 Å². The third kappa shape index (κ3) is 1.82. The summed E-state index contributed by atoms with van der Waals surface area (Å²) < 4.78 is 1.98. The van der Waals surface area contributed by atoms with Crippen LogP contribution in [0.3, 0.4) is 0 Å². The normalized spacial score (nSPS) is 15.1. The molecule has 1 fully saturated rings. The zero-order valence-electron chi connectivity index (χ0n) is 10.8. The molecule has 2 N–H and O–H groups in total. The topological polar surface area (TPSA) is 56.7 Å². The van der Waals surface area contributed by atoms with E-state index in [0.717, 1.165) is 11.4 Å². The molecule has 18 heavy (non-hydrogen) atoms. The monoisotopic (exact) mass is 242 g/mol. The summed E-state index contributed by atoms with van der Waals surface area (Å²) in [6.07, 6.45) is 2.45. The number of hydrogen-bond donors (Lipinski definition) is 1. The molecule has 0 unspecified atom stereocenters. The number of aryl methyl sites for hydroxylation is 2. The minimum Gasteiger partial charge on any atom is -0.325 e. The highest BCUT2D eigenvalue weighted by molar-refractivity contribution is 5.44. The van der Waals surface area contributed by atoms with Crippen molar-refractivity contribution in [1.29, 1.82) is 0 Å². The average Bonchev–Trinajstić information content (AvgIpc) is 3.09. The van der Waals surface area contributed by atoms with Crippen LogP contribution in [0.25, 0.3) is 5.69 Å². The molecule has 2 aromatic rings. The van der Waals surface area contributed by atoms with Gasteiger partial charge in [0, 0.05) is 12.5 Å². The van der Waals surface area contributed by atoms with E-state index >= 15 is 0 Å². The first-order valence-corrected chi connectivity index (χ1v) is 6.43. The van der Waals surface area contributed by atoms with Crippen LogP contribution < -0.4 is 5.73 Å². The van der Waals surface area contributed by atoms with Crippen molar-refractivity contribution in [3.05, 3.63) is 40.7 Å². The van der Waals surface area contributed by atoms with E-state index in [1.54, 1.807) is 0 Å². The molecule has 0 spiro atoms. The second kappa shape index (κ2) is 4.21. The van der Waals surface area contributed by atoms with E-state index in [4.69, 9.17) is 5.73 Å². The first-order chi connectivity index (χ1) is 8.70. The minimum atomic E-state index is 0.469. The van der Waals surface area contributed by atoms with E-state index in [1.165, 1.54) is 29.7 Å². The van der Waals surface area contributed by atoms with Gasteiger partial charge in [-0.05, 0) is 38.3 Å². The molecule has 1 aromatic heterocycles. The van der Waals surface area contributed by atoms with Crippen molar-refractivity contribution in [1.82, 2.24) is 15.0 Å². The lowest BCUT2D eigenvalue weighted by atomic mass is 10.1. The van der Waals surface area contributed by atoms with Gasteiger partial charge < -0.3 is 5.73 Å². The number of aromatic nitrogens is 3. The van der Waals surface area contributed by atoms with Gasteiger partial charge in [0.1, 0.15) is 5.69 Å². The Balaban J connectivity index is 2.13. The smallest absolute Gasteiger partial charge is 0.100 e. The Labute approximate surface area is 107 Å². The fourth-order valence-corrected chi connectivity index (χ4v) is 2.45. The lowest BCUT2D eigenvalue weighted by Gasteiger charge is -2.10. The number of nitrogens with two attached hydrogens (primary N) is 1. The second-order valence-electron chi connectivity index (χ2n) is 5.10. The molecule has 4 heteroatoms. The minimum absolute atomic E-state index is 0.469. The van der Waals surface area contributed by atoms with Crippen LogP contribution in [0.1, 0.15) is 41.3 Å². The van der Waals surface area contributed by atoms with Gasteiger partial charge in [-0.25, -0.2) is 4.68 Å². The Kier molecular flexibility index (Phi) is 2.67. The maximum absolute atomic E-state index is 5.75. The average molecular weight is 242 g/mol. The molecule has 0 atom stereocenters. The van der Waals surface area contributed by atoms with Gasteiger partial charge in [-0.3, -0.25) is 0 Å². The molecule has 94 valence electrons. The summed E-state index contributed by atoms with van der Waals surface area (Å²) in [5.41, 5.74) is 11.5. The van der Waals surface area contributed by atoms with Crippen LogP contribution >= 0.6 is 0 Å². The van der Waals surface area contributed by atoms with E-state index < -0.39 is 0 Å². The number of benzene rings is 1. The number of nitrogens with zero attached hydrogens (tertiary/aromatic N) is 3. The van der Waals surface area contributed by atoms with Gasteiger partial charge in [0.25, 0.3) is 0 Å². The second-order valence-corrected chi connectivity index (χ2v) is 5.10. The molecule has 0 bridgehead atoms. The maximum Gasteiger partial charge on any atom is 0.100 e. The van der Waals surface area contributed by atoms with Gasteiger partial charge in [-0.1, -0.05) is 22.9 Å². The Bertz CT molecular complexity index is 581. The van der Waals surface area contributed by atoms with Gasteiger partial charge >= 0.3 is 0 Å². The van der Waals surface area contributed by atoms with Crippen LogP contribution in [0.15, 0.2) is 18.2 Å². The zero-order chi connectivity index (χ0) is 12.7. The fraction of sp³-hybridized carbons (Fsp3) is 0.429. The summed E-state index contributed by atoms with van der Waals surface area (Å²) in [5, 5.41) is 8.52. The van der Waals surface area contributed by atoms with Crippen molar-refractivity contribution >= 4 is 0 Å². The molecule has 0 radical (unpaired) electrons. The summed E-state index contributed by atoms with van der Waals surface area (Å²) in [4.78, 5) is 0. The summed E-state index contributed by atoms with van der Waals surface area (Å²) >= 11 is 0. The molecule has 0 aliphatic heterocycles. The molecular weight excluding hydrogens is 224 g/mol. The van der Waals surface area contributed by atoms with Crippen LogP contribution in [0.4, 0.5) is 0 Å². The van der Waals surface area contributed by atoms with E-state index in [0.29, 0.717) is 12.5 Å². The molecule has 1 heterocycles. The van der Waals surface area contributed by atoms with E-state index in [2.05, 4.69) is 42.4 Å². The predicted molar refractivity (Wildman–Crippen MR) is 70.7 cm³/mol. The third-order valence-corrected chi connectivity index (χ3v) is 3.52. The van der Waals surface area contributed by atoms with Gasteiger partial charge in [0.15, 0.2) is 0 Å². The lowest BCUT2D eigenvalue weighted by molar-refractivity contribution is 0.759. The molecule has 4 nitrogen and oxygen atoms in total. The quantitative estimate of drug-likeness (QED) is 0.897. The molecule has 1 aliphatic carbocycles. The molecular formula is C14H18N4. The molecule has 1 aromatic carbocycles. The molecule has 0 amide bonds. The number of hydrogen-bond acceptors (Lipinski definition) is 3. The Morgan fingerprint density at radius 3 is 2.72 bits per heavy atom. The lowest BCUT2D eigenvalue weighted by Crippen LogP contribution is -2.06. The molecule has 1 saturated carbocycles. The first-order valence-electron chi connectivity index (χ1n) is 6.43. The van der Waals surface area contributed by atoms with Crippen molar-refractivity contribution < 1.29 is 0 Å². The highest BCUT2D eigenvalue weighted by Crippen LogP contribution is 2.42. The third-order valence-electron chi connectivity index (χ3n) is 3.52. The Morgan fingerprint density at radius 2 is 2.11 bits per heavy atom. The van der Waals surface area contributed by atoms with Gasteiger partial charge in [-0.2, -0.15) is 0 Å². The van der Waals surface area contributed by atoms with Crippen molar-refractivity contribution in [3.63, 3.8) is 0 Å². The van der Waals surface area contributed by atoms with Crippen LogP contribution in [0.2, 0.25) is 0 Å². The van der Waals surface area contributed by atoms with E-state index in [9.17, 15) is 0 Å². The summed E-state index contributed by atoms with van der Waals surface area (Å²) in [6.45, 7) is 4.69. The molecule has 3 rings (SSSR count). The Hall–Kier alpha value is -1.68. The van der Waals surface area contributed by atoms with Gasteiger partial charge in [-0.15, -0.1) is 5.10 Å². The van der Waals surface area contributed by atoms with Crippen LogP contribution in [0.5, 0.6) is 0 Å². The van der Waals surface area contributed by atoms with Crippen molar-refractivity contribution in [2.75, 3.05) is 0 Å². The van der Waals surface area contributed by atoms with E-state index in [1.807, 2.05) is 4.68 Å². The van der Waals surface area contributed by atoms with Crippen LogP contribution in [0, 0.1) is 13.8 Å². The van der Waals surface area contributed by atoms with Gasteiger partial charge in [0.2, 0.25) is 0 Å². The summed E-state index contributed by atoms with van der Waals surface area (Å²) in [5.74, 6) is 0.597. The first kappa shape index (κ1) is 11.4. The zero-order valence-corrected chi connectivity index (χ0v) is 10.8. The highest BCUT2D eigenvalue weighted by Gasteiger charge is 2.31. The standard InChI is InChI=1S/C14H18N4/c1-9-3-6-13(10(2)7-9)18-14(11-4-5-11)12(8-15)16-17-18/h3,6-7,11H,4-5,8,15H2,1-2H3. The maximum atomic E-state index is 5.75. The van der Waals surface area contributed by atoms with Crippen LogP contribution in [-0.4, -0.2) is 15.0 Å². The number of rotatable bonds is 3. The summed E-state index contributed by atoms with van der Waals surface area (Å²) in [7, 11) is 0. The molecule has 0 saturated heterocycles. The molecule has 1 aliphatic rings. The van der Waals surface area contributed by atoms with Crippen molar-refractivity contribution in [2.24, 2.45) is 5.73 Å². The summed E-state index contributed by atoms with van der Waals surface area (Å²) in [6, 6.07) is 6.41. The van der Waals surface area contributed by atoms with Gasteiger partial charge in [0.05, 0.1) is 11.4 Å². The SMILES string of the molecule is Cc1ccc(-n2nnc(CN)c2C2CC2)c(C)c1. The fourth-order valence-electron chi connectivity index (χ4n) is 2.45. The highest BCUT2D eigenvalue weighted by atomic mass is 15.4. The van der Waals surface area contributed by atoms with E-state index in [-0.39, 0.29) is 0 Å². The largest absolute Gasteiger partial charge is 0.325 e.